The zero-order valence-electron chi connectivity index (χ0n) is 19.2. The topological polar surface area (TPSA) is 135 Å². The van der Waals surface area contributed by atoms with Crippen molar-refractivity contribution < 1.29 is 24.0 Å². The highest BCUT2D eigenvalue weighted by atomic mass is 16.2. The molecule has 0 aromatic heterocycles. The summed E-state index contributed by atoms with van der Waals surface area (Å²) in [6.07, 6.45) is 1.20. The molecule has 0 unspecified atom stereocenters. The van der Waals surface area contributed by atoms with Crippen molar-refractivity contribution in [2.75, 3.05) is 6.54 Å². The van der Waals surface area contributed by atoms with Gasteiger partial charge < -0.3 is 16.4 Å². The van der Waals surface area contributed by atoms with Gasteiger partial charge in [-0.05, 0) is 18.8 Å². The van der Waals surface area contributed by atoms with Crippen LogP contribution in [0.4, 0.5) is 4.79 Å². The van der Waals surface area contributed by atoms with E-state index >= 15 is 0 Å². The van der Waals surface area contributed by atoms with Crippen LogP contribution in [0.5, 0.6) is 0 Å². The molecule has 0 spiro atoms. The van der Waals surface area contributed by atoms with E-state index in [9.17, 15) is 24.0 Å². The zero-order valence-corrected chi connectivity index (χ0v) is 19.2. The second kappa shape index (κ2) is 13.9. The molecule has 0 aliphatic carbocycles. The number of carbonyl (C=O) groups excluding carboxylic acids is 5. The van der Waals surface area contributed by atoms with E-state index in [-0.39, 0.29) is 60.3 Å². The van der Waals surface area contributed by atoms with Gasteiger partial charge in [-0.3, -0.25) is 19.2 Å². The van der Waals surface area contributed by atoms with E-state index in [0.717, 1.165) is 0 Å². The first kappa shape index (κ1) is 27.8. The fraction of sp³-hybridized carbons (Fsp3) is 0.773. The number of Topliss-reactive ketones (excluding diaryl/α,β-unsaturated/α-hetero) is 3. The molecule has 4 N–H and O–H groups in total. The van der Waals surface area contributed by atoms with Crippen LogP contribution in [0.2, 0.25) is 0 Å². The SMILES string of the molecule is CC(C)C(=O)CCC(=O)C[C@H](C(=O)N[C@@H](CCCNC(N)=O)C(=O)C(C)C)C(C)C. The van der Waals surface area contributed by atoms with Gasteiger partial charge in [-0.15, -0.1) is 0 Å². The minimum atomic E-state index is -0.689. The summed E-state index contributed by atoms with van der Waals surface area (Å²) >= 11 is 0. The first-order chi connectivity index (χ1) is 13.9. The van der Waals surface area contributed by atoms with Crippen molar-refractivity contribution in [1.82, 2.24) is 10.6 Å². The van der Waals surface area contributed by atoms with E-state index in [4.69, 9.17) is 5.73 Å². The molecule has 0 saturated carbocycles. The molecule has 0 aromatic carbocycles. The average Bonchev–Trinajstić information content (AvgIpc) is 2.64. The van der Waals surface area contributed by atoms with Crippen LogP contribution in [0.1, 0.15) is 73.6 Å². The number of rotatable bonds is 15. The average molecular weight is 426 g/mol. The van der Waals surface area contributed by atoms with Gasteiger partial charge in [0.2, 0.25) is 5.91 Å². The first-order valence-electron chi connectivity index (χ1n) is 10.8. The highest BCUT2D eigenvalue weighted by Gasteiger charge is 2.30. The number of primary amides is 1. The van der Waals surface area contributed by atoms with Crippen molar-refractivity contribution in [2.45, 2.75) is 79.7 Å². The van der Waals surface area contributed by atoms with Gasteiger partial charge in [0, 0.05) is 43.6 Å². The highest BCUT2D eigenvalue weighted by molar-refractivity contribution is 5.93. The van der Waals surface area contributed by atoms with E-state index in [2.05, 4.69) is 10.6 Å². The number of hydrogen-bond acceptors (Lipinski definition) is 5. The molecule has 0 aliphatic rings. The number of hydrogen-bond donors (Lipinski definition) is 3. The van der Waals surface area contributed by atoms with E-state index < -0.39 is 18.0 Å². The Morgan fingerprint density at radius 3 is 1.93 bits per heavy atom. The molecule has 30 heavy (non-hydrogen) atoms. The summed E-state index contributed by atoms with van der Waals surface area (Å²) < 4.78 is 0. The normalized spacial score (nSPS) is 13.2. The van der Waals surface area contributed by atoms with Gasteiger partial charge in [0.1, 0.15) is 11.6 Å². The van der Waals surface area contributed by atoms with E-state index in [0.29, 0.717) is 19.4 Å². The van der Waals surface area contributed by atoms with Gasteiger partial charge in [-0.2, -0.15) is 0 Å². The highest BCUT2D eigenvalue weighted by Crippen LogP contribution is 2.19. The van der Waals surface area contributed by atoms with Crippen molar-refractivity contribution in [3.05, 3.63) is 0 Å². The van der Waals surface area contributed by atoms with Crippen LogP contribution in [-0.4, -0.2) is 41.9 Å². The summed E-state index contributed by atoms with van der Waals surface area (Å²) in [6, 6.07) is -1.33. The van der Waals surface area contributed by atoms with E-state index in [1.807, 2.05) is 13.8 Å². The maximum Gasteiger partial charge on any atom is 0.312 e. The third-order valence-corrected chi connectivity index (χ3v) is 5.08. The summed E-state index contributed by atoms with van der Waals surface area (Å²) in [5.74, 6) is -1.58. The van der Waals surface area contributed by atoms with E-state index in [1.165, 1.54) is 0 Å². The van der Waals surface area contributed by atoms with Crippen LogP contribution in [0.15, 0.2) is 0 Å². The molecule has 0 fully saturated rings. The number of carbonyl (C=O) groups is 5. The molecule has 0 aliphatic heterocycles. The fourth-order valence-electron chi connectivity index (χ4n) is 3.01. The maximum absolute atomic E-state index is 12.9. The number of ketones is 3. The molecule has 0 saturated heterocycles. The van der Waals surface area contributed by atoms with Crippen LogP contribution in [0.25, 0.3) is 0 Å². The molecule has 0 bridgehead atoms. The second-order valence-electron chi connectivity index (χ2n) is 8.77. The van der Waals surface area contributed by atoms with Crippen LogP contribution < -0.4 is 16.4 Å². The van der Waals surface area contributed by atoms with Crippen molar-refractivity contribution in [3.8, 4) is 0 Å². The predicted octanol–water partition coefficient (Wildman–Crippen LogP) is 2.38. The third kappa shape index (κ3) is 11.1. The maximum atomic E-state index is 12.9. The van der Waals surface area contributed by atoms with Crippen LogP contribution >= 0.6 is 0 Å². The van der Waals surface area contributed by atoms with Gasteiger partial charge in [0.05, 0.1) is 6.04 Å². The number of nitrogens with two attached hydrogens (primary N) is 1. The van der Waals surface area contributed by atoms with Crippen molar-refractivity contribution >= 4 is 29.3 Å². The molecular formula is C22H39N3O5. The van der Waals surface area contributed by atoms with Crippen molar-refractivity contribution in [1.29, 1.82) is 0 Å². The quantitative estimate of drug-likeness (QED) is 0.346. The summed E-state index contributed by atoms with van der Waals surface area (Å²) in [5, 5.41) is 5.27. The Morgan fingerprint density at radius 2 is 1.47 bits per heavy atom. The molecule has 0 rings (SSSR count). The lowest BCUT2D eigenvalue weighted by Crippen LogP contribution is -2.47. The smallest absolute Gasteiger partial charge is 0.312 e. The number of amides is 3. The Kier molecular flexibility index (Phi) is 12.8. The number of urea groups is 1. The Hall–Kier alpha value is -2.25. The lowest BCUT2D eigenvalue weighted by molar-refractivity contribution is -0.134. The van der Waals surface area contributed by atoms with Crippen molar-refractivity contribution in [2.24, 2.45) is 29.4 Å². The Morgan fingerprint density at radius 1 is 0.867 bits per heavy atom. The fourth-order valence-corrected chi connectivity index (χ4v) is 3.01. The van der Waals surface area contributed by atoms with Crippen molar-refractivity contribution in [3.63, 3.8) is 0 Å². The monoisotopic (exact) mass is 425 g/mol. The molecule has 3 amide bonds. The lowest BCUT2D eigenvalue weighted by atomic mass is 9.87. The summed E-state index contributed by atoms with van der Waals surface area (Å²) in [6.45, 7) is 11.1. The van der Waals surface area contributed by atoms with E-state index in [1.54, 1.807) is 27.7 Å². The predicted molar refractivity (Wildman–Crippen MR) is 116 cm³/mol. The molecular weight excluding hydrogens is 386 g/mol. The van der Waals surface area contributed by atoms with Gasteiger partial charge in [0.15, 0.2) is 5.78 Å². The van der Waals surface area contributed by atoms with Gasteiger partial charge >= 0.3 is 6.03 Å². The zero-order chi connectivity index (χ0) is 23.4. The minimum absolute atomic E-state index is 0.0288. The van der Waals surface area contributed by atoms with Gasteiger partial charge in [-0.1, -0.05) is 41.5 Å². The lowest BCUT2D eigenvalue weighted by Gasteiger charge is -2.25. The Bertz CT molecular complexity index is 614. The summed E-state index contributed by atoms with van der Waals surface area (Å²) in [4.78, 5) is 60.3. The van der Waals surface area contributed by atoms with Gasteiger partial charge in [0.25, 0.3) is 0 Å². The molecule has 2 atom stereocenters. The largest absolute Gasteiger partial charge is 0.352 e. The summed E-state index contributed by atoms with van der Waals surface area (Å²) in [7, 11) is 0. The van der Waals surface area contributed by atoms with Crippen LogP contribution in [0, 0.1) is 23.7 Å². The minimum Gasteiger partial charge on any atom is -0.352 e. The molecule has 0 radical (unpaired) electrons. The van der Waals surface area contributed by atoms with Crippen LogP contribution in [0.3, 0.4) is 0 Å². The summed E-state index contributed by atoms with van der Waals surface area (Å²) in [5.41, 5.74) is 5.04. The standard InChI is InChI=1S/C22H39N3O5/c1-13(2)17(12-16(26)9-10-19(27)14(3)4)21(29)25-18(20(28)15(5)6)8-7-11-24-22(23)30/h13-15,17-18H,7-12H2,1-6H3,(H,25,29)(H3,23,24,30)/t17-,18-/m0/s1. The molecule has 8 nitrogen and oxygen atoms in total. The molecule has 0 heterocycles. The number of nitrogens with one attached hydrogen (secondary N) is 2. The Balaban J connectivity index is 5.00. The third-order valence-electron chi connectivity index (χ3n) is 5.08. The molecule has 172 valence electrons. The molecule has 8 heteroatoms. The Labute approximate surface area is 180 Å². The molecule has 0 aromatic rings. The second-order valence-corrected chi connectivity index (χ2v) is 8.77. The van der Waals surface area contributed by atoms with Gasteiger partial charge in [-0.25, -0.2) is 4.79 Å². The van der Waals surface area contributed by atoms with Crippen LogP contribution in [-0.2, 0) is 19.2 Å². The first-order valence-corrected chi connectivity index (χ1v) is 10.8.